The molecule has 0 N–H and O–H groups in total. The van der Waals surface area contributed by atoms with Crippen molar-refractivity contribution in [2.75, 3.05) is 0 Å². The van der Waals surface area contributed by atoms with Crippen molar-refractivity contribution in [3.63, 3.8) is 0 Å². The van der Waals surface area contributed by atoms with Gasteiger partial charge >= 0.3 is 0 Å². The van der Waals surface area contributed by atoms with Crippen LogP contribution in [0.3, 0.4) is 0 Å². The number of hydrogen-bond acceptors (Lipinski definition) is 3. The third-order valence-electron chi connectivity index (χ3n) is 9.57. The Morgan fingerprint density at radius 3 is 1.76 bits per heavy atom. The molecule has 0 radical (unpaired) electrons. The van der Waals surface area contributed by atoms with Crippen LogP contribution in [0.25, 0.3) is 60.0 Å². The summed E-state index contributed by atoms with van der Waals surface area (Å²) in [6.07, 6.45) is 0. The third-order valence-corrected chi connectivity index (χ3v) is 9.57. The molecule has 4 aromatic carbocycles. The molecule has 1 aliphatic rings. The average Bonchev–Trinajstić information content (AvgIpc) is 3.27. The maximum absolute atomic E-state index is 14.7. The van der Waals surface area contributed by atoms with E-state index in [9.17, 15) is 9.59 Å². The van der Waals surface area contributed by atoms with E-state index in [4.69, 9.17) is 4.42 Å². The largest absolute Gasteiger partial charge is 0.455 e. The molecular weight excluding hydrogens is 506 g/mol. The van der Waals surface area contributed by atoms with Gasteiger partial charge < -0.3 is 8.82 Å². The van der Waals surface area contributed by atoms with Crippen LogP contribution in [0.2, 0.25) is 0 Å². The average molecular weight is 540 g/mol. The fraction of sp³-hybridized carbons (Fsp3) is 0.297. The van der Waals surface area contributed by atoms with Crippen LogP contribution in [0.5, 0.6) is 0 Å². The van der Waals surface area contributed by atoms with Gasteiger partial charge in [0.15, 0.2) is 5.43 Å². The van der Waals surface area contributed by atoms with Crippen LogP contribution >= 0.6 is 0 Å². The Bertz CT molecular complexity index is 2410. The Hall–Kier alpha value is -4.18. The van der Waals surface area contributed by atoms with E-state index in [0.29, 0.717) is 38.2 Å². The lowest BCUT2D eigenvalue weighted by Gasteiger charge is -2.37. The van der Waals surface area contributed by atoms with E-state index in [0.717, 1.165) is 44.1 Å². The Balaban J connectivity index is 1.79. The maximum atomic E-state index is 14.7. The fourth-order valence-corrected chi connectivity index (χ4v) is 7.14. The number of para-hydroxylation sites is 1. The van der Waals surface area contributed by atoms with Crippen LogP contribution in [0.4, 0.5) is 0 Å². The van der Waals surface area contributed by atoms with Crippen LogP contribution in [0.15, 0.2) is 68.6 Å². The van der Waals surface area contributed by atoms with E-state index in [1.807, 2.05) is 30.3 Å². The highest BCUT2D eigenvalue weighted by atomic mass is 16.3. The van der Waals surface area contributed by atoms with E-state index in [1.165, 1.54) is 0 Å². The van der Waals surface area contributed by atoms with Crippen LogP contribution in [-0.2, 0) is 16.2 Å². The van der Waals surface area contributed by atoms with Gasteiger partial charge in [0, 0.05) is 32.3 Å². The first kappa shape index (κ1) is 24.6. The van der Waals surface area contributed by atoms with Gasteiger partial charge in [-0.05, 0) is 57.3 Å². The molecule has 4 nitrogen and oxygen atoms in total. The van der Waals surface area contributed by atoms with Gasteiger partial charge in [-0.3, -0.25) is 9.59 Å². The number of fused-ring (bicyclic) bond motifs is 4. The zero-order valence-electron chi connectivity index (χ0n) is 24.9. The monoisotopic (exact) mass is 539 g/mol. The molecule has 4 heteroatoms. The molecule has 41 heavy (non-hydrogen) atoms. The summed E-state index contributed by atoms with van der Waals surface area (Å²) < 4.78 is 8.64. The van der Waals surface area contributed by atoms with E-state index in [1.54, 1.807) is 0 Å². The number of pyridine rings is 2. The van der Waals surface area contributed by atoms with Crippen molar-refractivity contribution in [3.05, 3.63) is 97.3 Å². The van der Waals surface area contributed by atoms with E-state index in [-0.39, 0.29) is 21.7 Å². The quantitative estimate of drug-likeness (QED) is 0.143. The van der Waals surface area contributed by atoms with Gasteiger partial charge in [0.05, 0.1) is 21.9 Å². The van der Waals surface area contributed by atoms with Crippen molar-refractivity contribution < 1.29 is 4.42 Å². The zero-order chi connectivity index (χ0) is 29.0. The van der Waals surface area contributed by atoms with Gasteiger partial charge in [0.2, 0.25) is 5.43 Å². The molecule has 0 unspecified atom stereocenters. The number of rotatable bonds is 0. The van der Waals surface area contributed by atoms with Gasteiger partial charge in [-0.1, -0.05) is 85.7 Å². The van der Waals surface area contributed by atoms with Gasteiger partial charge in [-0.25, -0.2) is 0 Å². The van der Waals surface area contributed by atoms with Gasteiger partial charge in [-0.2, -0.15) is 0 Å². The van der Waals surface area contributed by atoms with Crippen LogP contribution in [-0.4, -0.2) is 4.40 Å². The second kappa shape index (κ2) is 7.17. The Labute approximate surface area is 237 Å². The normalized spacial score (nSPS) is 15.2. The summed E-state index contributed by atoms with van der Waals surface area (Å²) in [5.41, 5.74) is 7.40. The standard InChI is InChI=1S/C37H33NO3/c1-35(2,3)18-13-22-29-25(15-18)37(7,8)26-16-19(36(4,5)6)14-23-30(26)38(29)31-24(32(22)39)17-21-20-11-9-10-12-27(20)41-34(21)28(31)33(23)40/h9-17H,1-8H3. The third kappa shape index (κ3) is 2.90. The number of aromatic nitrogens is 1. The molecule has 1 aliphatic heterocycles. The number of nitrogens with zero attached hydrogens (tertiary/aromatic N) is 1. The maximum Gasteiger partial charge on any atom is 0.201 e. The highest BCUT2D eigenvalue weighted by molar-refractivity contribution is 6.23. The minimum atomic E-state index is -0.424. The summed E-state index contributed by atoms with van der Waals surface area (Å²) in [6, 6.07) is 18.5. The first-order valence-corrected chi connectivity index (χ1v) is 14.5. The SMILES string of the molecule is CC(C)(C)c1cc2c3c(c1)c(=O)c1cc4c5ccccc5oc4c4c(=O)c5cc(C(C)(C)C)cc(c5n3c14)C2(C)C. The molecule has 0 saturated heterocycles. The lowest BCUT2D eigenvalue weighted by molar-refractivity contribution is 0.577. The molecular formula is C37H33NO3. The molecule has 204 valence electrons. The molecule has 0 saturated carbocycles. The second-order valence-electron chi connectivity index (χ2n) is 14.6. The Kier molecular flexibility index (Phi) is 4.30. The van der Waals surface area contributed by atoms with Gasteiger partial charge in [0.1, 0.15) is 11.2 Å². The number of furan rings is 1. The summed E-state index contributed by atoms with van der Waals surface area (Å²) in [6.45, 7) is 17.6. The van der Waals surface area contributed by atoms with Crippen molar-refractivity contribution in [3.8, 4) is 0 Å². The van der Waals surface area contributed by atoms with Crippen molar-refractivity contribution in [2.24, 2.45) is 0 Å². The van der Waals surface area contributed by atoms with Crippen molar-refractivity contribution in [2.45, 2.75) is 71.6 Å². The smallest absolute Gasteiger partial charge is 0.201 e. The highest BCUT2D eigenvalue weighted by Crippen LogP contribution is 2.48. The van der Waals surface area contributed by atoms with Gasteiger partial charge in [-0.15, -0.1) is 0 Å². The predicted octanol–water partition coefficient (Wildman–Crippen LogP) is 8.69. The van der Waals surface area contributed by atoms with Crippen molar-refractivity contribution >= 4 is 60.0 Å². The summed E-state index contributed by atoms with van der Waals surface area (Å²) in [4.78, 5) is 29.3. The van der Waals surface area contributed by atoms with Crippen LogP contribution in [0, 0.1) is 0 Å². The Morgan fingerprint density at radius 2 is 1.17 bits per heavy atom. The molecule has 7 aromatic rings. The lowest BCUT2D eigenvalue weighted by Crippen LogP contribution is -2.30. The molecule has 3 aromatic heterocycles. The number of hydrogen-bond donors (Lipinski definition) is 0. The molecule has 0 spiro atoms. The predicted molar refractivity (Wildman–Crippen MR) is 170 cm³/mol. The summed E-state index contributed by atoms with van der Waals surface area (Å²) >= 11 is 0. The zero-order valence-corrected chi connectivity index (χ0v) is 24.9. The summed E-state index contributed by atoms with van der Waals surface area (Å²) in [5.74, 6) is 0. The van der Waals surface area contributed by atoms with E-state index < -0.39 is 5.41 Å². The molecule has 4 heterocycles. The minimum absolute atomic E-state index is 0.0335. The number of benzene rings is 4. The topological polar surface area (TPSA) is 51.7 Å². The first-order chi connectivity index (χ1) is 19.2. The van der Waals surface area contributed by atoms with E-state index >= 15 is 0 Å². The lowest BCUT2D eigenvalue weighted by atomic mass is 9.70. The highest BCUT2D eigenvalue weighted by Gasteiger charge is 2.38. The summed E-state index contributed by atoms with van der Waals surface area (Å²) in [5, 5.41) is 4.15. The van der Waals surface area contributed by atoms with Crippen molar-refractivity contribution in [1.29, 1.82) is 0 Å². The van der Waals surface area contributed by atoms with Crippen LogP contribution in [0.1, 0.15) is 77.6 Å². The Morgan fingerprint density at radius 1 is 0.634 bits per heavy atom. The fourth-order valence-electron chi connectivity index (χ4n) is 7.14. The first-order valence-electron chi connectivity index (χ1n) is 14.5. The second-order valence-corrected chi connectivity index (χ2v) is 14.6. The molecule has 0 bridgehead atoms. The summed E-state index contributed by atoms with van der Waals surface area (Å²) in [7, 11) is 0. The van der Waals surface area contributed by atoms with E-state index in [2.05, 4.69) is 84.1 Å². The van der Waals surface area contributed by atoms with Gasteiger partial charge in [0.25, 0.3) is 0 Å². The minimum Gasteiger partial charge on any atom is -0.455 e. The van der Waals surface area contributed by atoms with Crippen LogP contribution < -0.4 is 10.9 Å². The molecule has 8 rings (SSSR count). The molecule has 0 aliphatic carbocycles. The molecule has 0 amide bonds. The molecule has 0 atom stereocenters. The van der Waals surface area contributed by atoms with Crippen molar-refractivity contribution in [1.82, 2.24) is 4.40 Å². The molecule has 0 fully saturated rings.